The van der Waals surface area contributed by atoms with Gasteiger partial charge in [0, 0.05) is 33.9 Å². The summed E-state index contributed by atoms with van der Waals surface area (Å²) in [6.45, 7) is 10.0. The fraction of sp³-hybridized carbons (Fsp3) is 0.800. The fourth-order valence-electron chi connectivity index (χ4n) is 2.47. The van der Waals surface area contributed by atoms with Crippen molar-refractivity contribution in [3.63, 3.8) is 0 Å². The highest BCUT2D eigenvalue weighted by Crippen LogP contribution is 2.40. The van der Waals surface area contributed by atoms with Gasteiger partial charge in [-0.15, -0.1) is 0 Å². The summed E-state index contributed by atoms with van der Waals surface area (Å²) in [6, 6.07) is 0. The number of alkyl halides is 1. The van der Waals surface area contributed by atoms with Crippen molar-refractivity contribution in [1.82, 2.24) is 10.6 Å². The lowest BCUT2D eigenvalue weighted by molar-refractivity contribution is -0.143. The predicted molar refractivity (Wildman–Crippen MR) is 139 cm³/mol. The second kappa shape index (κ2) is 15.3. The van der Waals surface area contributed by atoms with E-state index in [1.165, 1.54) is 0 Å². The van der Waals surface area contributed by atoms with Gasteiger partial charge >= 0.3 is 14.0 Å². The molecule has 0 rings (SSSR count). The van der Waals surface area contributed by atoms with E-state index in [1.54, 1.807) is 42.4 Å². The van der Waals surface area contributed by atoms with Crippen LogP contribution in [0.4, 0.5) is 0 Å². The minimum absolute atomic E-state index is 0.103. The van der Waals surface area contributed by atoms with Gasteiger partial charge in [-0.3, -0.25) is 19.2 Å². The summed E-state index contributed by atoms with van der Waals surface area (Å²) in [7, 11) is 8.28. The molecule has 3 N–H and O–H groups in total. The molecular formula is C20H34BIN2O6S2. The average molecular weight is 600 g/mol. The number of carbonyl (C=O) groups is 4. The number of hydrogen-bond acceptors (Lipinski definition) is 7. The molecule has 0 saturated carbocycles. The summed E-state index contributed by atoms with van der Waals surface area (Å²) in [5.41, 5.74) is -0.635. The third-order valence-electron chi connectivity index (χ3n) is 4.74. The van der Waals surface area contributed by atoms with Crippen LogP contribution < -0.4 is 10.6 Å². The van der Waals surface area contributed by atoms with Crippen molar-refractivity contribution in [3.05, 3.63) is 0 Å². The van der Waals surface area contributed by atoms with Gasteiger partial charge in [0.2, 0.25) is 11.8 Å². The zero-order valence-electron chi connectivity index (χ0n) is 19.4. The van der Waals surface area contributed by atoms with E-state index in [0.29, 0.717) is 19.3 Å². The van der Waals surface area contributed by atoms with Crippen molar-refractivity contribution in [2.24, 2.45) is 11.3 Å². The Bertz CT molecular complexity index is 650. The molecule has 0 aliphatic carbocycles. The summed E-state index contributed by atoms with van der Waals surface area (Å²) < 4.78 is 4.08. The van der Waals surface area contributed by atoms with E-state index in [-0.39, 0.29) is 40.0 Å². The van der Waals surface area contributed by atoms with Crippen LogP contribution in [0.1, 0.15) is 60.3 Å². The third-order valence-corrected chi connectivity index (χ3v) is 8.96. The maximum Gasteiger partial charge on any atom is 0.378 e. The number of nitrogens with one attached hydrogen (secondary N) is 2. The Hall–Kier alpha value is -0.625. The number of aliphatic carboxylic acids is 1. The van der Waals surface area contributed by atoms with Crippen molar-refractivity contribution in [3.8, 4) is 0 Å². The molecule has 12 heteroatoms. The SMILES string of the molecule is [B]OC(=O)C(C)(C)CCSSC(C)(C)CCC(=O)NCCNC(=O)C(CC(=O)O)C(C)I. The normalized spacial score (nSPS) is 13.7. The first kappa shape index (κ1) is 31.4. The van der Waals surface area contributed by atoms with Gasteiger partial charge in [-0.05, 0) is 40.5 Å². The molecule has 8 nitrogen and oxygen atoms in total. The van der Waals surface area contributed by atoms with Gasteiger partial charge in [0.25, 0.3) is 5.97 Å². The molecule has 2 atom stereocenters. The van der Waals surface area contributed by atoms with Crippen LogP contribution in [0.2, 0.25) is 0 Å². The Morgan fingerprint density at radius 2 is 1.69 bits per heavy atom. The highest BCUT2D eigenvalue weighted by atomic mass is 127. The number of amides is 2. The van der Waals surface area contributed by atoms with Gasteiger partial charge in [0.15, 0.2) is 0 Å². The average Bonchev–Trinajstić information content (AvgIpc) is 2.70. The Kier molecular flexibility index (Phi) is 15.0. The molecule has 0 spiro atoms. The van der Waals surface area contributed by atoms with Gasteiger partial charge in [-0.1, -0.05) is 51.1 Å². The van der Waals surface area contributed by atoms with Crippen LogP contribution in [0.15, 0.2) is 0 Å². The lowest BCUT2D eigenvalue weighted by Crippen LogP contribution is -2.40. The van der Waals surface area contributed by atoms with E-state index in [1.807, 2.05) is 22.6 Å². The van der Waals surface area contributed by atoms with Crippen molar-refractivity contribution in [2.45, 2.75) is 69.0 Å². The largest absolute Gasteiger partial charge is 0.543 e. The van der Waals surface area contributed by atoms with Gasteiger partial charge in [-0.2, -0.15) is 0 Å². The molecule has 0 fully saturated rings. The second-order valence-electron chi connectivity index (χ2n) is 8.73. The number of halogens is 1. The molecule has 0 heterocycles. The monoisotopic (exact) mass is 600 g/mol. The van der Waals surface area contributed by atoms with Crippen LogP contribution in [0.25, 0.3) is 0 Å². The van der Waals surface area contributed by atoms with E-state index in [2.05, 4.69) is 29.1 Å². The first-order chi connectivity index (χ1) is 14.7. The van der Waals surface area contributed by atoms with Crippen LogP contribution >= 0.6 is 44.2 Å². The zero-order valence-corrected chi connectivity index (χ0v) is 23.2. The lowest BCUT2D eigenvalue weighted by Gasteiger charge is -2.25. The van der Waals surface area contributed by atoms with E-state index in [0.717, 1.165) is 5.75 Å². The molecule has 0 aromatic carbocycles. The molecule has 0 aliphatic heterocycles. The van der Waals surface area contributed by atoms with E-state index >= 15 is 0 Å². The van der Waals surface area contributed by atoms with Crippen LogP contribution in [0.5, 0.6) is 0 Å². The number of carboxylic acids is 1. The van der Waals surface area contributed by atoms with Crippen molar-refractivity contribution >= 4 is 76.0 Å². The van der Waals surface area contributed by atoms with E-state index < -0.39 is 23.3 Å². The standard InChI is InChI=1S/C20H34BIN2O6S2/c1-13(22)14(12-16(26)27)17(28)24-10-9-23-15(25)6-7-20(4,5)32-31-11-8-19(2,3)18(29)30-21/h13-14H,6-12H2,1-5H3,(H,23,25)(H,24,28)(H,26,27). The van der Waals surface area contributed by atoms with Gasteiger partial charge < -0.3 is 20.4 Å². The van der Waals surface area contributed by atoms with Crippen LogP contribution in [-0.2, 0) is 23.8 Å². The summed E-state index contributed by atoms with van der Waals surface area (Å²) >= 11 is 2.04. The molecule has 0 aromatic rings. The summed E-state index contributed by atoms with van der Waals surface area (Å²) in [4.78, 5) is 46.7. The molecule has 2 radical (unpaired) electrons. The summed E-state index contributed by atoms with van der Waals surface area (Å²) in [5.74, 6) is -1.72. The Morgan fingerprint density at radius 1 is 1.09 bits per heavy atom. The topological polar surface area (TPSA) is 122 Å². The maximum absolute atomic E-state index is 12.1. The highest BCUT2D eigenvalue weighted by molar-refractivity contribution is 14.1. The molecule has 2 unspecified atom stereocenters. The minimum atomic E-state index is -1.01. The second-order valence-corrected chi connectivity index (χ2v) is 13.8. The molecular weight excluding hydrogens is 566 g/mol. The van der Waals surface area contributed by atoms with Gasteiger partial charge in [0.1, 0.15) is 0 Å². The number of carbonyl (C=O) groups excluding carboxylic acids is 3. The molecule has 0 saturated heterocycles. The van der Waals surface area contributed by atoms with Gasteiger partial charge in [-0.25, -0.2) is 0 Å². The predicted octanol–water partition coefficient (Wildman–Crippen LogP) is 3.12. The quantitative estimate of drug-likeness (QED) is 0.0813. The van der Waals surface area contributed by atoms with Crippen molar-refractivity contribution in [2.75, 3.05) is 18.8 Å². The van der Waals surface area contributed by atoms with Crippen molar-refractivity contribution in [1.29, 1.82) is 0 Å². The van der Waals surface area contributed by atoms with Gasteiger partial charge in [0.05, 0.1) is 17.8 Å². The van der Waals surface area contributed by atoms with Crippen LogP contribution in [0.3, 0.4) is 0 Å². The molecule has 0 aliphatic rings. The molecule has 2 amide bonds. The molecule has 0 aromatic heterocycles. The number of carboxylic acid groups (broad SMARTS) is 1. The Balaban J connectivity index is 4.15. The van der Waals surface area contributed by atoms with Crippen molar-refractivity contribution < 1.29 is 28.9 Å². The minimum Gasteiger partial charge on any atom is -0.543 e. The third kappa shape index (κ3) is 13.8. The fourth-order valence-corrected chi connectivity index (χ4v) is 5.94. The molecule has 32 heavy (non-hydrogen) atoms. The zero-order chi connectivity index (χ0) is 24.9. The molecule has 182 valence electrons. The van der Waals surface area contributed by atoms with E-state index in [9.17, 15) is 19.2 Å². The van der Waals surface area contributed by atoms with E-state index in [4.69, 9.17) is 13.2 Å². The molecule has 0 bridgehead atoms. The maximum atomic E-state index is 12.1. The summed E-state index contributed by atoms with van der Waals surface area (Å²) in [5, 5.41) is 14.4. The van der Waals surface area contributed by atoms with Crippen LogP contribution in [-0.4, -0.2) is 64.4 Å². The first-order valence-corrected chi connectivity index (χ1v) is 13.9. The number of hydrogen-bond donors (Lipinski definition) is 3. The Labute approximate surface area is 213 Å². The summed E-state index contributed by atoms with van der Waals surface area (Å²) in [6.07, 6.45) is 1.43. The Morgan fingerprint density at radius 3 is 2.22 bits per heavy atom. The lowest BCUT2D eigenvalue weighted by atomic mass is 9.90. The highest BCUT2D eigenvalue weighted by Gasteiger charge is 2.28. The number of rotatable bonds is 16. The van der Waals surface area contributed by atoms with Crippen LogP contribution in [0, 0.1) is 11.3 Å². The smallest absolute Gasteiger partial charge is 0.378 e. The first-order valence-electron chi connectivity index (χ1n) is 10.3.